The SMILES string of the molecule is O=C=NCCCCCCC1C(=O)OC(=O)N(CCCCCCN=C=O)[N+]1=O. The first-order valence-electron chi connectivity index (χ1n) is 9.18. The summed E-state index contributed by atoms with van der Waals surface area (Å²) in [5.74, 6) is -0.816. The van der Waals surface area contributed by atoms with E-state index < -0.39 is 18.1 Å². The Labute approximate surface area is 157 Å². The highest BCUT2D eigenvalue weighted by molar-refractivity contribution is 5.88. The van der Waals surface area contributed by atoms with Crippen LogP contribution in [0.4, 0.5) is 4.79 Å². The summed E-state index contributed by atoms with van der Waals surface area (Å²) >= 11 is 0. The number of hydrogen-bond donors (Lipinski definition) is 0. The van der Waals surface area contributed by atoms with Gasteiger partial charge in [0.05, 0.1) is 24.5 Å². The number of rotatable bonds is 14. The minimum atomic E-state index is -1.02. The molecular formula is C17H25N4O6+. The summed E-state index contributed by atoms with van der Waals surface area (Å²) in [6, 6.07) is -1.02. The van der Waals surface area contributed by atoms with E-state index in [0.717, 1.165) is 43.5 Å². The molecule has 1 fully saturated rings. The van der Waals surface area contributed by atoms with Gasteiger partial charge in [0, 0.05) is 6.42 Å². The number of ether oxygens (including phenoxy) is 1. The van der Waals surface area contributed by atoms with Gasteiger partial charge in [-0.3, -0.25) is 0 Å². The first-order chi connectivity index (χ1) is 13.1. The molecule has 0 saturated carbocycles. The largest absolute Gasteiger partial charge is 0.474 e. The fourth-order valence-electron chi connectivity index (χ4n) is 2.74. The van der Waals surface area contributed by atoms with Crippen molar-refractivity contribution in [2.75, 3.05) is 19.6 Å². The Hall–Kier alpha value is -2.70. The number of hydrogen-bond acceptors (Lipinski definition) is 8. The fraction of sp³-hybridized carbons (Fsp3) is 0.765. The highest BCUT2D eigenvalue weighted by atomic mass is 16.6. The molecule has 1 rings (SSSR count). The smallest absolute Gasteiger partial charge is 0.367 e. The highest BCUT2D eigenvalue weighted by Crippen LogP contribution is 2.17. The minimum Gasteiger partial charge on any atom is -0.367 e. The van der Waals surface area contributed by atoms with Crippen LogP contribution in [0.2, 0.25) is 0 Å². The molecule has 27 heavy (non-hydrogen) atoms. The second-order valence-electron chi connectivity index (χ2n) is 6.19. The van der Waals surface area contributed by atoms with Gasteiger partial charge in [-0.25, -0.2) is 29.2 Å². The van der Waals surface area contributed by atoms with Gasteiger partial charge < -0.3 is 4.74 Å². The number of isocyanates is 2. The Kier molecular flexibility index (Phi) is 11.2. The Balaban J connectivity index is 2.34. The summed E-state index contributed by atoms with van der Waals surface area (Å²) in [5.41, 5.74) is 0. The van der Waals surface area contributed by atoms with E-state index in [2.05, 4.69) is 9.98 Å². The lowest BCUT2D eigenvalue weighted by Gasteiger charge is -2.20. The third-order valence-electron chi connectivity index (χ3n) is 4.19. The first-order valence-corrected chi connectivity index (χ1v) is 9.18. The summed E-state index contributed by atoms with van der Waals surface area (Å²) in [6.07, 6.45) is 8.16. The van der Waals surface area contributed by atoms with Crippen molar-refractivity contribution >= 4 is 24.2 Å². The number of esters is 1. The van der Waals surface area contributed by atoms with E-state index in [1.54, 1.807) is 0 Å². The number of nitroso groups, excluding NO2 is 1. The zero-order valence-electron chi connectivity index (χ0n) is 15.3. The van der Waals surface area contributed by atoms with Crippen LogP contribution >= 0.6 is 0 Å². The highest BCUT2D eigenvalue weighted by Gasteiger charge is 2.49. The molecule has 0 aliphatic carbocycles. The standard InChI is InChI=1S/C17H25N4O6/c22-13-18-10-6-2-1-5-9-15-16(24)27-17(25)20(21(15)26)12-8-4-3-7-11-19-14-23/h15H,1-12H2/q+1. The number of nitrogens with zero attached hydrogens (tertiary/aromatic N) is 4. The van der Waals surface area contributed by atoms with Crippen LogP contribution in [0.5, 0.6) is 0 Å². The van der Waals surface area contributed by atoms with E-state index >= 15 is 0 Å². The molecule has 0 spiro atoms. The topological polar surface area (TPSA) is 126 Å². The van der Waals surface area contributed by atoms with E-state index in [9.17, 15) is 24.1 Å². The van der Waals surface area contributed by atoms with E-state index in [4.69, 9.17) is 4.74 Å². The van der Waals surface area contributed by atoms with Crippen LogP contribution in [0.15, 0.2) is 9.98 Å². The minimum absolute atomic E-state index is 0.173. The van der Waals surface area contributed by atoms with Crippen LogP contribution in [-0.2, 0) is 19.1 Å². The van der Waals surface area contributed by atoms with Crippen molar-refractivity contribution in [2.45, 2.75) is 63.8 Å². The fourth-order valence-corrected chi connectivity index (χ4v) is 2.74. The summed E-state index contributed by atoms with van der Waals surface area (Å²) in [5, 5.41) is 0.925. The molecule has 1 atom stereocenters. The lowest BCUT2D eigenvalue weighted by molar-refractivity contribution is -0.714. The second-order valence-corrected chi connectivity index (χ2v) is 6.19. The van der Waals surface area contributed by atoms with Crippen LogP contribution in [0.1, 0.15) is 57.8 Å². The normalized spacial score (nSPS) is 16.5. The quantitative estimate of drug-likeness (QED) is 0.113. The Bertz CT molecular complexity index is 561. The molecule has 1 saturated heterocycles. The maximum atomic E-state index is 12.4. The van der Waals surface area contributed by atoms with Crippen molar-refractivity contribution in [3.63, 3.8) is 0 Å². The summed E-state index contributed by atoms with van der Waals surface area (Å²) in [6.45, 7) is 1.01. The molecule has 0 radical (unpaired) electrons. The number of cyclic esters (lactones) is 2. The molecule has 0 bridgehead atoms. The van der Waals surface area contributed by atoms with Crippen molar-refractivity contribution in [3.8, 4) is 0 Å². The first kappa shape index (κ1) is 22.3. The zero-order valence-corrected chi connectivity index (χ0v) is 15.3. The summed E-state index contributed by atoms with van der Waals surface area (Å²) < 4.78 is 4.69. The Morgan fingerprint density at radius 1 is 0.889 bits per heavy atom. The number of amides is 1. The maximum absolute atomic E-state index is 12.4. The van der Waals surface area contributed by atoms with E-state index in [1.807, 2.05) is 0 Å². The molecule has 10 heteroatoms. The molecular weight excluding hydrogens is 356 g/mol. The van der Waals surface area contributed by atoms with E-state index in [1.165, 1.54) is 12.2 Å². The van der Waals surface area contributed by atoms with Crippen LogP contribution < -0.4 is 0 Å². The van der Waals surface area contributed by atoms with Gasteiger partial charge in [0.2, 0.25) is 12.2 Å². The predicted octanol–water partition coefficient (Wildman–Crippen LogP) is 2.21. The molecule has 0 N–H and O–H groups in total. The molecule has 0 aromatic rings. The molecule has 1 unspecified atom stereocenters. The second kappa shape index (κ2) is 13.5. The van der Waals surface area contributed by atoms with Gasteiger partial charge >= 0.3 is 18.1 Å². The van der Waals surface area contributed by atoms with Crippen molar-refractivity contribution in [1.82, 2.24) is 5.01 Å². The van der Waals surface area contributed by atoms with Crippen molar-refractivity contribution in [3.05, 3.63) is 4.91 Å². The maximum Gasteiger partial charge on any atom is 0.474 e. The van der Waals surface area contributed by atoms with E-state index in [-0.39, 0.29) is 6.54 Å². The molecule has 148 valence electrons. The average Bonchev–Trinajstić information content (AvgIpc) is 2.64. The van der Waals surface area contributed by atoms with Crippen LogP contribution in [-0.4, -0.2) is 59.8 Å². The van der Waals surface area contributed by atoms with Crippen LogP contribution in [0, 0.1) is 4.91 Å². The number of carbonyl (C=O) groups is 2. The average molecular weight is 381 g/mol. The van der Waals surface area contributed by atoms with Gasteiger partial charge in [-0.1, -0.05) is 25.7 Å². The van der Waals surface area contributed by atoms with Crippen molar-refractivity contribution in [1.29, 1.82) is 0 Å². The van der Waals surface area contributed by atoms with Gasteiger partial charge in [-0.2, -0.15) is 0 Å². The molecule has 0 aromatic carbocycles. The van der Waals surface area contributed by atoms with Crippen LogP contribution in [0.25, 0.3) is 0 Å². The van der Waals surface area contributed by atoms with Crippen molar-refractivity contribution < 1.29 is 28.8 Å². The molecule has 1 aliphatic heterocycles. The van der Waals surface area contributed by atoms with Gasteiger partial charge in [0.15, 0.2) is 0 Å². The zero-order chi connectivity index (χ0) is 19.9. The van der Waals surface area contributed by atoms with Gasteiger partial charge in [-0.05, 0) is 30.7 Å². The Morgan fingerprint density at radius 2 is 1.44 bits per heavy atom. The molecule has 1 heterocycles. The third kappa shape index (κ3) is 8.48. The van der Waals surface area contributed by atoms with Gasteiger partial charge in [0.25, 0.3) is 0 Å². The Morgan fingerprint density at radius 3 is 2.04 bits per heavy atom. The monoisotopic (exact) mass is 381 g/mol. The van der Waals surface area contributed by atoms with Crippen LogP contribution in [0.3, 0.4) is 0 Å². The number of hydrazine groups is 1. The molecule has 1 aliphatic rings. The lowest BCUT2D eigenvalue weighted by Crippen LogP contribution is -2.54. The molecule has 0 aromatic heterocycles. The van der Waals surface area contributed by atoms with E-state index in [0.29, 0.717) is 37.2 Å². The molecule has 1 amide bonds. The number of carbonyl (C=O) groups excluding carboxylic acids is 4. The lowest BCUT2D eigenvalue weighted by atomic mass is 10.1. The number of aliphatic imine (C=N–C) groups is 2. The number of unbranched alkanes of at least 4 members (excludes halogenated alkanes) is 6. The van der Waals surface area contributed by atoms with Gasteiger partial charge in [0.1, 0.15) is 4.87 Å². The van der Waals surface area contributed by atoms with Crippen molar-refractivity contribution in [2.24, 2.45) is 9.98 Å². The third-order valence-corrected chi connectivity index (χ3v) is 4.19. The predicted molar refractivity (Wildman–Crippen MR) is 93.1 cm³/mol. The summed E-state index contributed by atoms with van der Waals surface area (Å²) in [7, 11) is 0. The molecule has 10 nitrogen and oxygen atoms in total. The van der Waals surface area contributed by atoms with Gasteiger partial charge in [-0.15, -0.1) is 0 Å². The summed E-state index contributed by atoms with van der Waals surface area (Å²) in [4.78, 5) is 63.2.